The number of hydrogen-bond donors (Lipinski definition) is 1. The van der Waals surface area contributed by atoms with E-state index in [1.807, 2.05) is 42.5 Å². The van der Waals surface area contributed by atoms with Crippen LogP contribution in [-0.2, 0) is 11.2 Å². The van der Waals surface area contributed by atoms with E-state index in [-0.39, 0.29) is 11.9 Å². The molecular formula is C20H22N4O2. The molecule has 0 aliphatic heterocycles. The number of nitrogens with one attached hydrogen (secondary N) is 1. The zero-order valence-electron chi connectivity index (χ0n) is 14.8. The van der Waals surface area contributed by atoms with Gasteiger partial charge in [0.15, 0.2) is 0 Å². The largest absolute Gasteiger partial charge is 0.349 e. The number of pyridine rings is 1. The quantitative estimate of drug-likeness (QED) is 0.669. The van der Waals surface area contributed by atoms with Crippen molar-refractivity contribution >= 4 is 5.91 Å². The predicted octanol–water partition coefficient (Wildman–Crippen LogP) is 3.72. The Kier molecular flexibility index (Phi) is 6.09. The number of rotatable bonds is 8. The topological polar surface area (TPSA) is 80.9 Å². The number of carbonyl (C=O) groups is 1. The van der Waals surface area contributed by atoms with E-state index in [1.54, 1.807) is 12.4 Å². The molecule has 2 aromatic heterocycles. The minimum Gasteiger partial charge on any atom is -0.349 e. The van der Waals surface area contributed by atoms with Gasteiger partial charge in [-0.1, -0.05) is 48.8 Å². The fourth-order valence-electron chi connectivity index (χ4n) is 2.75. The number of amides is 1. The number of aromatic nitrogens is 3. The van der Waals surface area contributed by atoms with Gasteiger partial charge in [-0.2, -0.15) is 4.98 Å². The van der Waals surface area contributed by atoms with Gasteiger partial charge >= 0.3 is 0 Å². The lowest BCUT2D eigenvalue weighted by molar-refractivity contribution is -0.122. The lowest BCUT2D eigenvalue weighted by atomic mass is 10.0. The molecule has 0 radical (unpaired) electrons. The van der Waals surface area contributed by atoms with Crippen molar-refractivity contribution in [3.63, 3.8) is 0 Å². The second-order valence-corrected chi connectivity index (χ2v) is 6.07. The van der Waals surface area contributed by atoms with Crippen LogP contribution in [0.15, 0.2) is 59.4 Å². The van der Waals surface area contributed by atoms with Crippen molar-refractivity contribution in [3.8, 4) is 11.4 Å². The third-order valence-electron chi connectivity index (χ3n) is 4.07. The normalized spacial score (nSPS) is 11.9. The maximum absolute atomic E-state index is 12.3. The summed E-state index contributed by atoms with van der Waals surface area (Å²) in [5.74, 6) is 0.917. The van der Waals surface area contributed by atoms with E-state index in [1.165, 1.54) is 0 Å². The van der Waals surface area contributed by atoms with E-state index < -0.39 is 0 Å². The summed E-state index contributed by atoms with van der Waals surface area (Å²) in [7, 11) is 0. The fraction of sp³-hybridized carbons (Fsp3) is 0.300. The van der Waals surface area contributed by atoms with Gasteiger partial charge in [0.2, 0.25) is 17.6 Å². The number of aryl methyl sites for hydroxylation is 1. The molecule has 6 nitrogen and oxygen atoms in total. The lowest BCUT2D eigenvalue weighted by Crippen LogP contribution is -2.28. The predicted molar refractivity (Wildman–Crippen MR) is 98.1 cm³/mol. The van der Waals surface area contributed by atoms with Crippen molar-refractivity contribution in [2.75, 3.05) is 0 Å². The molecule has 0 fully saturated rings. The molecule has 2 heterocycles. The monoisotopic (exact) mass is 350 g/mol. The highest BCUT2D eigenvalue weighted by molar-refractivity contribution is 5.76. The lowest BCUT2D eigenvalue weighted by Gasteiger charge is -2.18. The van der Waals surface area contributed by atoms with Crippen molar-refractivity contribution in [2.24, 2.45) is 0 Å². The van der Waals surface area contributed by atoms with E-state index in [4.69, 9.17) is 4.52 Å². The van der Waals surface area contributed by atoms with Crippen molar-refractivity contribution in [3.05, 3.63) is 66.3 Å². The molecule has 0 saturated heterocycles. The Morgan fingerprint density at radius 1 is 1.19 bits per heavy atom. The molecule has 1 aromatic carbocycles. The van der Waals surface area contributed by atoms with Gasteiger partial charge in [0, 0.05) is 30.8 Å². The van der Waals surface area contributed by atoms with Crippen LogP contribution in [0.1, 0.15) is 43.7 Å². The van der Waals surface area contributed by atoms with Gasteiger partial charge in [-0.25, -0.2) is 0 Å². The summed E-state index contributed by atoms with van der Waals surface area (Å²) in [5, 5.41) is 7.05. The average molecular weight is 350 g/mol. The summed E-state index contributed by atoms with van der Waals surface area (Å²) >= 11 is 0. The first-order valence-electron chi connectivity index (χ1n) is 8.83. The average Bonchev–Trinajstić information content (AvgIpc) is 3.17. The van der Waals surface area contributed by atoms with Gasteiger partial charge in [0.25, 0.3) is 0 Å². The number of benzene rings is 1. The third-order valence-corrected chi connectivity index (χ3v) is 4.07. The summed E-state index contributed by atoms with van der Waals surface area (Å²) in [4.78, 5) is 20.7. The molecule has 3 rings (SSSR count). The fourth-order valence-corrected chi connectivity index (χ4v) is 2.75. The van der Waals surface area contributed by atoms with E-state index >= 15 is 0 Å². The van der Waals surface area contributed by atoms with Crippen LogP contribution in [0.4, 0.5) is 0 Å². The summed E-state index contributed by atoms with van der Waals surface area (Å²) in [6.07, 6.45) is 5.98. The highest BCUT2D eigenvalue weighted by Crippen LogP contribution is 2.19. The maximum atomic E-state index is 12.3. The molecule has 1 amide bonds. The zero-order valence-corrected chi connectivity index (χ0v) is 14.8. The number of hydrogen-bond acceptors (Lipinski definition) is 5. The second-order valence-electron chi connectivity index (χ2n) is 6.07. The molecule has 1 N–H and O–H groups in total. The number of nitrogens with zero attached hydrogens (tertiary/aromatic N) is 3. The van der Waals surface area contributed by atoms with Gasteiger partial charge in [0.05, 0.1) is 6.04 Å². The van der Waals surface area contributed by atoms with Crippen LogP contribution in [0.3, 0.4) is 0 Å². The minimum absolute atomic E-state index is 0.0200. The standard InChI is InChI=1S/C20H22N4O2/c1-2-7-17(15-8-4-3-5-9-15)22-18(25)11-12-19-23-20(24-26-19)16-10-6-13-21-14-16/h3-6,8-10,13-14,17H,2,7,11-12H2,1H3,(H,22,25)/t17-/m0/s1. The van der Waals surface area contributed by atoms with Crippen molar-refractivity contribution in [2.45, 2.75) is 38.6 Å². The van der Waals surface area contributed by atoms with Crippen LogP contribution in [-0.4, -0.2) is 21.0 Å². The van der Waals surface area contributed by atoms with Crippen LogP contribution in [0.5, 0.6) is 0 Å². The Hall–Kier alpha value is -3.02. The maximum Gasteiger partial charge on any atom is 0.227 e. The first-order valence-corrected chi connectivity index (χ1v) is 8.83. The van der Waals surface area contributed by atoms with Crippen molar-refractivity contribution < 1.29 is 9.32 Å². The van der Waals surface area contributed by atoms with E-state index in [9.17, 15) is 4.79 Å². The van der Waals surface area contributed by atoms with Crippen molar-refractivity contribution in [1.29, 1.82) is 0 Å². The Bertz CT molecular complexity index is 818. The summed E-state index contributed by atoms with van der Waals surface area (Å²) in [6, 6.07) is 13.7. The van der Waals surface area contributed by atoms with Gasteiger partial charge in [0.1, 0.15) is 0 Å². The van der Waals surface area contributed by atoms with Crippen LogP contribution in [0.2, 0.25) is 0 Å². The van der Waals surface area contributed by atoms with Crippen LogP contribution in [0.25, 0.3) is 11.4 Å². The zero-order chi connectivity index (χ0) is 18.2. The van der Waals surface area contributed by atoms with E-state index in [0.29, 0.717) is 24.6 Å². The Balaban J connectivity index is 1.56. The van der Waals surface area contributed by atoms with Gasteiger partial charge in [-0.3, -0.25) is 9.78 Å². The van der Waals surface area contributed by atoms with E-state index in [0.717, 1.165) is 24.0 Å². The van der Waals surface area contributed by atoms with Gasteiger partial charge < -0.3 is 9.84 Å². The summed E-state index contributed by atoms with van der Waals surface area (Å²) < 4.78 is 5.24. The molecule has 0 aliphatic rings. The second kappa shape index (κ2) is 8.89. The Labute approximate surface area is 152 Å². The Morgan fingerprint density at radius 2 is 2.04 bits per heavy atom. The van der Waals surface area contributed by atoms with Crippen LogP contribution >= 0.6 is 0 Å². The minimum atomic E-state index is -0.0200. The van der Waals surface area contributed by atoms with Crippen molar-refractivity contribution in [1.82, 2.24) is 20.4 Å². The molecule has 3 aromatic rings. The number of carbonyl (C=O) groups excluding carboxylic acids is 1. The third kappa shape index (κ3) is 4.75. The molecule has 6 heteroatoms. The molecular weight excluding hydrogens is 328 g/mol. The summed E-state index contributed by atoms with van der Waals surface area (Å²) in [5.41, 5.74) is 1.92. The molecule has 134 valence electrons. The smallest absolute Gasteiger partial charge is 0.227 e. The first-order chi connectivity index (χ1) is 12.8. The van der Waals surface area contributed by atoms with Crippen LogP contribution < -0.4 is 5.32 Å². The first kappa shape index (κ1) is 17.8. The molecule has 0 aliphatic carbocycles. The highest BCUT2D eigenvalue weighted by atomic mass is 16.5. The molecule has 0 bridgehead atoms. The molecule has 26 heavy (non-hydrogen) atoms. The molecule has 1 atom stereocenters. The molecule has 0 saturated carbocycles. The van der Waals surface area contributed by atoms with Gasteiger partial charge in [-0.05, 0) is 24.1 Å². The highest BCUT2D eigenvalue weighted by Gasteiger charge is 2.15. The Morgan fingerprint density at radius 3 is 2.77 bits per heavy atom. The SMILES string of the molecule is CCC[C@H](NC(=O)CCc1nc(-c2cccnc2)no1)c1ccccc1. The molecule has 0 unspecified atom stereocenters. The van der Waals surface area contributed by atoms with E-state index in [2.05, 4.69) is 27.4 Å². The van der Waals surface area contributed by atoms with Crippen LogP contribution in [0, 0.1) is 0 Å². The molecule has 0 spiro atoms. The van der Waals surface area contributed by atoms with Gasteiger partial charge in [-0.15, -0.1) is 0 Å². The summed E-state index contributed by atoms with van der Waals surface area (Å²) in [6.45, 7) is 2.11.